The molecule has 2 amide bonds. The summed E-state index contributed by atoms with van der Waals surface area (Å²) in [5.41, 5.74) is 2.39. The maximum atomic E-state index is 12.4. The number of aryl methyl sites for hydroxylation is 1. The van der Waals surface area contributed by atoms with Crippen LogP contribution in [0.3, 0.4) is 0 Å². The minimum absolute atomic E-state index is 0.145. The fraction of sp³-hybridized carbons (Fsp3) is 0.158. The van der Waals surface area contributed by atoms with Crippen molar-refractivity contribution in [3.05, 3.63) is 64.9 Å². The molecule has 0 fully saturated rings. The highest BCUT2D eigenvalue weighted by atomic mass is 16.7. The molecule has 0 saturated carbocycles. The Morgan fingerprint density at radius 2 is 1.76 bits per heavy atom. The molecule has 0 saturated heterocycles. The van der Waals surface area contributed by atoms with Gasteiger partial charge >= 0.3 is 0 Å². The molecular formula is C19H18N2O4. The van der Waals surface area contributed by atoms with Crippen LogP contribution in [0.15, 0.2) is 48.2 Å². The highest BCUT2D eigenvalue weighted by Gasteiger charge is 2.16. The van der Waals surface area contributed by atoms with Crippen molar-refractivity contribution < 1.29 is 19.1 Å². The summed E-state index contributed by atoms with van der Waals surface area (Å²) >= 11 is 0. The molecule has 1 aliphatic heterocycles. The van der Waals surface area contributed by atoms with Crippen LogP contribution >= 0.6 is 0 Å². The fourth-order valence-corrected chi connectivity index (χ4v) is 2.36. The Hall–Kier alpha value is -3.28. The molecule has 128 valence electrons. The number of carbonyl (C=O) groups is 2. The van der Waals surface area contributed by atoms with Crippen molar-refractivity contribution in [1.29, 1.82) is 0 Å². The van der Waals surface area contributed by atoms with E-state index in [1.807, 2.05) is 19.1 Å². The van der Waals surface area contributed by atoms with Gasteiger partial charge in [-0.05, 0) is 42.8 Å². The molecule has 0 radical (unpaired) electrons. The standard InChI is InChI=1S/C19H18N2O4/c1-12-3-6-14(7-4-12)18(22)21-15(19(23)20-2)9-13-5-8-16-17(10-13)25-11-24-16/h3-10H,11H2,1-2H3,(H,20,23)(H,21,22). The van der Waals surface area contributed by atoms with Gasteiger partial charge in [0, 0.05) is 12.6 Å². The monoisotopic (exact) mass is 338 g/mol. The summed E-state index contributed by atoms with van der Waals surface area (Å²) in [6.45, 7) is 2.12. The van der Waals surface area contributed by atoms with Crippen LogP contribution in [0.25, 0.3) is 6.08 Å². The lowest BCUT2D eigenvalue weighted by Gasteiger charge is -2.09. The molecule has 6 nitrogen and oxygen atoms in total. The van der Waals surface area contributed by atoms with E-state index >= 15 is 0 Å². The maximum Gasteiger partial charge on any atom is 0.267 e. The number of hydrogen-bond donors (Lipinski definition) is 2. The van der Waals surface area contributed by atoms with E-state index in [0.29, 0.717) is 22.6 Å². The highest BCUT2D eigenvalue weighted by molar-refractivity contribution is 6.05. The van der Waals surface area contributed by atoms with E-state index in [4.69, 9.17) is 9.47 Å². The van der Waals surface area contributed by atoms with Crippen LogP contribution in [-0.2, 0) is 4.79 Å². The zero-order chi connectivity index (χ0) is 17.8. The Morgan fingerprint density at radius 3 is 2.48 bits per heavy atom. The number of rotatable bonds is 4. The van der Waals surface area contributed by atoms with E-state index in [9.17, 15) is 9.59 Å². The zero-order valence-corrected chi connectivity index (χ0v) is 14.0. The van der Waals surface area contributed by atoms with E-state index < -0.39 is 5.91 Å². The maximum absolute atomic E-state index is 12.4. The van der Waals surface area contributed by atoms with Gasteiger partial charge < -0.3 is 20.1 Å². The summed E-state index contributed by atoms with van der Waals surface area (Å²) in [6.07, 6.45) is 1.59. The van der Waals surface area contributed by atoms with E-state index in [1.54, 1.807) is 36.4 Å². The van der Waals surface area contributed by atoms with Crippen molar-refractivity contribution in [2.45, 2.75) is 6.92 Å². The predicted molar refractivity (Wildman–Crippen MR) is 93.3 cm³/mol. The third-order valence-corrected chi connectivity index (χ3v) is 3.74. The second-order valence-corrected chi connectivity index (χ2v) is 5.57. The molecule has 2 N–H and O–H groups in total. The Morgan fingerprint density at radius 1 is 1.04 bits per heavy atom. The molecular weight excluding hydrogens is 320 g/mol. The van der Waals surface area contributed by atoms with Crippen molar-refractivity contribution in [3.63, 3.8) is 0 Å². The third kappa shape index (κ3) is 3.80. The Bertz CT molecular complexity index is 841. The van der Waals surface area contributed by atoms with Crippen molar-refractivity contribution in [2.24, 2.45) is 0 Å². The first-order valence-electron chi connectivity index (χ1n) is 7.78. The van der Waals surface area contributed by atoms with Gasteiger partial charge in [-0.1, -0.05) is 23.8 Å². The lowest BCUT2D eigenvalue weighted by molar-refractivity contribution is -0.117. The highest BCUT2D eigenvalue weighted by Crippen LogP contribution is 2.33. The first-order valence-corrected chi connectivity index (χ1v) is 7.78. The number of benzene rings is 2. The van der Waals surface area contributed by atoms with Gasteiger partial charge in [-0.3, -0.25) is 9.59 Å². The average Bonchev–Trinajstić information content (AvgIpc) is 3.08. The first kappa shape index (κ1) is 16.6. The normalized spacial score (nSPS) is 12.6. The van der Waals surface area contributed by atoms with Crippen LogP contribution in [-0.4, -0.2) is 25.7 Å². The van der Waals surface area contributed by atoms with Crippen molar-refractivity contribution in [2.75, 3.05) is 13.8 Å². The van der Waals surface area contributed by atoms with Crippen LogP contribution in [0, 0.1) is 6.92 Å². The predicted octanol–water partition coefficient (Wildman–Crippen LogP) is 2.24. The van der Waals surface area contributed by atoms with Gasteiger partial charge in [0.15, 0.2) is 11.5 Å². The van der Waals surface area contributed by atoms with Crippen LogP contribution < -0.4 is 20.1 Å². The molecule has 2 aromatic rings. The van der Waals surface area contributed by atoms with E-state index in [1.165, 1.54) is 7.05 Å². The quantitative estimate of drug-likeness (QED) is 0.838. The van der Waals surface area contributed by atoms with Gasteiger partial charge in [0.1, 0.15) is 5.70 Å². The summed E-state index contributed by atoms with van der Waals surface area (Å²) in [5.74, 6) is 0.519. The van der Waals surface area contributed by atoms with Crippen molar-refractivity contribution >= 4 is 17.9 Å². The van der Waals surface area contributed by atoms with Crippen molar-refractivity contribution in [3.8, 4) is 11.5 Å². The molecule has 0 atom stereocenters. The molecule has 25 heavy (non-hydrogen) atoms. The van der Waals surface area contributed by atoms with Gasteiger partial charge in [-0.15, -0.1) is 0 Å². The average molecular weight is 338 g/mol. The van der Waals surface area contributed by atoms with E-state index in [-0.39, 0.29) is 18.4 Å². The molecule has 0 aromatic heterocycles. The largest absolute Gasteiger partial charge is 0.454 e. The summed E-state index contributed by atoms with van der Waals surface area (Å²) in [4.78, 5) is 24.5. The molecule has 1 aliphatic rings. The lowest BCUT2D eigenvalue weighted by atomic mass is 10.1. The number of fused-ring (bicyclic) bond motifs is 1. The van der Waals surface area contributed by atoms with Gasteiger partial charge in [-0.2, -0.15) is 0 Å². The first-order chi connectivity index (χ1) is 12.1. The second-order valence-electron chi connectivity index (χ2n) is 5.57. The summed E-state index contributed by atoms with van der Waals surface area (Å²) < 4.78 is 10.6. The molecule has 2 aromatic carbocycles. The van der Waals surface area contributed by atoms with Gasteiger partial charge in [0.2, 0.25) is 6.79 Å². The second kappa shape index (κ2) is 7.09. The number of amides is 2. The molecule has 0 bridgehead atoms. The Labute approximate surface area is 145 Å². The Balaban J connectivity index is 1.85. The van der Waals surface area contributed by atoms with Crippen LogP contribution in [0.2, 0.25) is 0 Å². The zero-order valence-electron chi connectivity index (χ0n) is 14.0. The van der Waals surface area contributed by atoms with Crippen molar-refractivity contribution in [1.82, 2.24) is 10.6 Å². The number of ether oxygens (including phenoxy) is 2. The SMILES string of the molecule is CNC(=O)C(=Cc1ccc2c(c1)OCO2)NC(=O)c1ccc(C)cc1. The molecule has 0 aliphatic carbocycles. The van der Waals surface area contributed by atoms with Crippen LogP contribution in [0.1, 0.15) is 21.5 Å². The number of likely N-dealkylation sites (N-methyl/N-ethyl adjacent to an activating group) is 1. The lowest BCUT2D eigenvalue weighted by Crippen LogP contribution is -2.33. The van der Waals surface area contributed by atoms with Gasteiger partial charge in [-0.25, -0.2) is 0 Å². The number of nitrogens with one attached hydrogen (secondary N) is 2. The minimum Gasteiger partial charge on any atom is -0.454 e. The van der Waals surface area contributed by atoms with Gasteiger partial charge in [0.05, 0.1) is 0 Å². The van der Waals surface area contributed by atoms with Crippen LogP contribution in [0.4, 0.5) is 0 Å². The topological polar surface area (TPSA) is 76.7 Å². The minimum atomic E-state index is -0.391. The number of carbonyl (C=O) groups excluding carboxylic acids is 2. The van der Waals surface area contributed by atoms with E-state index in [0.717, 1.165) is 5.56 Å². The van der Waals surface area contributed by atoms with Crippen LogP contribution in [0.5, 0.6) is 11.5 Å². The molecule has 6 heteroatoms. The summed E-state index contributed by atoms with van der Waals surface area (Å²) in [6, 6.07) is 12.4. The summed E-state index contributed by atoms with van der Waals surface area (Å²) in [5, 5.41) is 5.18. The smallest absolute Gasteiger partial charge is 0.267 e. The molecule has 0 spiro atoms. The Kier molecular flexibility index (Phi) is 4.70. The molecule has 1 heterocycles. The number of hydrogen-bond acceptors (Lipinski definition) is 4. The molecule has 0 unspecified atom stereocenters. The van der Waals surface area contributed by atoms with Gasteiger partial charge in [0.25, 0.3) is 11.8 Å². The fourth-order valence-electron chi connectivity index (χ4n) is 2.36. The summed E-state index contributed by atoms with van der Waals surface area (Å²) in [7, 11) is 1.51. The third-order valence-electron chi connectivity index (χ3n) is 3.74. The van der Waals surface area contributed by atoms with E-state index in [2.05, 4.69) is 10.6 Å². The molecule has 3 rings (SSSR count).